The summed E-state index contributed by atoms with van der Waals surface area (Å²) in [6, 6.07) is 0. The first-order valence-electron chi connectivity index (χ1n) is 4.24. The monoisotopic (exact) mass is 181 g/mol. The molecule has 0 amide bonds. The summed E-state index contributed by atoms with van der Waals surface area (Å²) in [6.45, 7) is 3.31. The fourth-order valence-corrected chi connectivity index (χ4v) is 1.07. The summed E-state index contributed by atoms with van der Waals surface area (Å²) >= 11 is 0. The van der Waals surface area contributed by atoms with E-state index in [1.54, 1.807) is 0 Å². The lowest BCUT2D eigenvalue weighted by atomic mass is 9.94. The number of halogens is 2. The summed E-state index contributed by atoms with van der Waals surface area (Å²) in [5.41, 5.74) is -0.517. The molecule has 0 radical (unpaired) electrons. The predicted octanol–water partition coefficient (Wildman–Crippen LogP) is 1.39. The van der Waals surface area contributed by atoms with Crippen LogP contribution in [0.5, 0.6) is 0 Å². The van der Waals surface area contributed by atoms with Crippen molar-refractivity contribution in [2.24, 2.45) is 0 Å². The predicted molar refractivity (Wildman–Crippen MR) is 44.4 cm³/mol. The lowest BCUT2D eigenvalue weighted by molar-refractivity contribution is 0.0992. The van der Waals surface area contributed by atoms with Crippen LogP contribution in [0.1, 0.15) is 26.7 Å². The first-order valence-corrected chi connectivity index (χ1v) is 4.24. The van der Waals surface area contributed by atoms with Gasteiger partial charge in [-0.3, -0.25) is 0 Å². The highest BCUT2D eigenvalue weighted by Gasteiger charge is 2.25. The van der Waals surface area contributed by atoms with Crippen LogP contribution < -0.4 is 5.32 Å². The molecule has 0 rings (SSSR count). The van der Waals surface area contributed by atoms with E-state index in [9.17, 15) is 8.78 Å². The minimum Gasteiger partial charge on any atom is -0.394 e. The van der Waals surface area contributed by atoms with Crippen LogP contribution in [0, 0.1) is 0 Å². The van der Waals surface area contributed by atoms with Gasteiger partial charge in [-0.05, 0) is 12.8 Å². The maximum absolute atomic E-state index is 11.8. The molecule has 2 nitrogen and oxygen atoms in total. The first kappa shape index (κ1) is 11.8. The zero-order valence-corrected chi connectivity index (χ0v) is 7.61. The number of aliphatic hydroxyl groups is 1. The molecular formula is C8H17F2NO. The molecule has 2 N–H and O–H groups in total. The molecule has 0 unspecified atom stereocenters. The number of aliphatic hydroxyl groups excluding tert-OH is 1. The molecule has 0 aromatic rings. The molecule has 0 bridgehead atoms. The van der Waals surface area contributed by atoms with Crippen molar-refractivity contribution in [2.45, 2.75) is 38.7 Å². The van der Waals surface area contributed by atoms with E-state index < -0.39 is 12.0 Å². The molecule has 74 valence electrons. The summed E-state index contributed by atoms with van der Waals surface area (Å²) < 4.78 is 23.7. The highest BCUT2D eigenvalue weighted by atomic mass is 19.3. The Labute approximate surface area is 72.0 Å². The Morgan fingerprint density at radius 3 is 2.08 bits per heavy atom. The lowest BCUT2D eigenvalue weighted by Gasteiger charge is -2.30. The Morgan fingerprint density at radius 1 is 1.33 bits per heavy atom. The van der Waals surface area contributed by atoms with Gasteiger partial charge in [-0.2, -0.15) is 0 Å². The SMILES string of the molecule is CCC(CC)(CO)NCC(F)F. The second-order valence-corrected chi connectivity index (χ2v) is 2.92. The van der Waals surface area contributed by atoms with Crippen LogP contribution in [0.2, 0.25) is 0 Å². The Hall–Kier alpha value is -0.220. The van der Waals surface area contributed by atoms with Crippen molar-refractivity contribution in [3.8, 4) is 0 Å². The van der Waals surface area contributed by atoms with E-state index >= 15 is 0 Å². The third kappa shape index (κ3) is 3.45. The van der Waals surface area contributed by atoms with Crippen molar-refractivity contribution < 1.29 is 13.9 Å². The van der Waals surface area contributed by atoms with Crippen molar-refractivity contribution in [3.63, 3.8) is 0 Å². The van der Waals surface area contributed by atoms with Gasteiger partial charge in [-0.25, -0.2) is 8.78 Å². The van der Waals surface area contributed by atoms with Gasteiger partial charge in [-0.1, -0.05) is 13.8 Å². The van der Waals surface area contributed by atoms with Gasteiger partial charge in [-0.15, -0.1) is 0 Å². The molecule has 0 aliphatic carbocycles. The molecule has 0 aliphatic rings. The van der Waals surface area contributed by atoms with Crippen LogP contribution in [0.4, 0.5) is 8.78 Å². The standard InChI is InChI=1S/C8H17F2NO/c1-3-8(4-2,6-12)11-5-7(9)10/h7,11-12H,3-6H2,1-2H3. The summed E-state index contributed by atoms with van der Waals surface area (Å²) in [5.74, 6) is 0. The maximum Gasteiger partial charge on any atom is 0.250 e. The van der Waals surface area contributed by atoms with Crippen LogP contribution in [0.25, 0.3) is 0 Å². The van der Waals surface area contributed by atoms with Crippen molar-refractivity contribution >= 4 is 0 Å². The summed E-state index contributed by atoms with van der Waals surface area (Å²) in [5, 5.41) is 11.7. The number of alkyl halides is 2. The Balaban J connectivity index is 3.93. The van der Waals surface area contributed by atoms with E-state index in [0.717, 1.165) is 0 Å². The van der Waals surface area contributed by atoms with E-state index in [0.29, 0.717) is 12.8 Å². The molecule has 0 aromatic heterocycles. The van der Waals surface area contributed by atoms with E-state index in [2.05, 4.69) is 5.32 Å². The van der Waals surface area contributed by atoms with Crippen LogP contribution in [0.15, 0.2) is 0 Å². The van der Waals surface area contributed by atoms with Gasteiger partial charge >= 0.3 is 0 Å². The van der Waals surface area contributed by atoms with E-state index in [1.807, 2.05) is 13.8 Å². The van der Waals surface area contributed by atoms with Gasteiger partial charge in [0.15, 0.2) is 0 Å². The van der Waals surface area contributed by atoms with Crippen LogP contribution in [-0.2, 0) is 0 Å². The molecule has 0 atom stereocenters. The van der Waals surface area contributed by atoms with Crippen molar-refractivity contribution in [1.82, 2.24) is 5.32 Å². The highest BCUT2D eigenvalue weighted by Crippen LogP contribution is 2.14. The summed E-state index contributed by atoms with van der Waals surface area (Å²) in [6.07, 6.45) is -1.03. The van der Waals surface area contributed by atoms with Crippen LogP contribution in [-0.4, -0.2) is 30.2 Å². The van der Waals surface area contributed by atoms with Gasteiger partial charge in [0.2, 0.25) is 0 Å². The van der Waals surface area contributed by atoms with Gasteiger partial charge < -0.3 is 10.4 Å². The minimum absolute atomic E-state index is 0.0906. The summed E-state index contributed by atoms with van der Waals surface area (Å²) in [4.78, 5) is 0. The molecule has 0 aliphatic heterocycles. The van der Waals surface area contributed by atoms with Gasteiger partial charge in [0, 0.05) is 5.54 Å². The molecule has 0 heterocycles. The molecular weight excluding hydrogens is 164 g/mol. The second-order valence-electron chi connectivity index (χ2n) is 2.92. The maximum atomic E-state index is 11.8. The second kappa shape index (κ2) is 5.43. The Morgan fingerprint density at radius 2 is 1.83 bits per heavy atom. The third-order valence-corrected chi connectivity index (χ3v) is 2.29. The average molecular weight is 181 g/mol. The summed E-state index contributed by atoms with van der Waals surface area (Å²) in [7, 11) is 0. The fourth-order valence-electron chi connectivity index (χ4n) is 1.07. The van der Waals surface area contributed by atoms with E-state index in [4.69, 9.17) is 5.11 Å². The van der Waals surface area contributed by atoms with Crippen molar-refractivity contribution in [2.75, 3.05) is 13.2 Å². The number of nitrogens with one attached hydrogen (secondary N) is 1. The molecule has 0 saturated heterocycles. The topological polar surface area (TPSA) is 32.3 Å². The van der Waals surface area contributed by atoms with Crippen LogP contribution >= 0.6 is 0 Å². The molecule has 0 fully saturated rings. The first-order chi connectivity index (χ1) is 5.60. The quantitative estimate of drug-likeness (QED) is 0.649. The molecule has 12 heavy (non-hydrogen) atoms. The highest BCUT2D eigenvalue weighted by molar-refractivity contribution is 4.84. The number of rotatable bonds is 6. The largest absolute Gasteiger partial charge is 0.394 e. The van der Waals surface area contributed by atoms with E-state index in [1.165, 1.54) is 0 Å². The normalized spacial score (nSPS) is 12.5. The van der Waals surface area contributed by atoms with Crippen molar-refractivity contribution in [3.05, 3.63) is 0 Å². The zero-order valence-electron chi connectivity index (χ0n) is 7.61. The van der Waals surface area contributed by atoms with Crippen molar-refractivity contribution in [1.29, 1.82) is 0 Å². The third-order valence-electron chi connectivity index (χ3n) is 2.29. The molecule has 0 aromatic carbocycles. The molecule has 0 saturated carbocycles. The fraction of sp³-hybridized carbons (Fsp3) is 1.00. The zero-order chi connectivity index (χ0) is 9.61. The smallest absolute Gasteiger partial charge is 0.250 e. The number of hydrogen-bond donors (Lipinski definition) is 2. The van der Waals surface area contributed by atoms with E-state index in [-0.39, 0.29) is 13.2 Å². The average Bonchev–Trinajstić information content (AvgIpc) is 2.08. The molecule has 0 spiro atoms. The van der Waals surface area contributed by atoms with Gasteiger partial charge in [0.1, 0.15) is 0 Å². The lowest BCUT2D eigenvalue weighted by Crippen LogP contribution is -2.49. The Bertz CT molecular complexity index is 107. The van der Waals surface area contributed by atoms with Gasteiger partial charge in [0.05, 0.1) is 13.2 Å². The number of hydrogen-bond acceptors (Lipinski definition) is 2. The Kier molecular flexibility index (Phi) is 5.33. The van der Waals surface area contributed by atoms with Crippen LogP contribution in [0.3, 0.4) is 0 Å². The van der Waals surface area contributed by atoms with Gasteiger partial charge in [0.25, 0.3) is 6.43 Å². The minimum atomic E-state index is -2.35. The molecule has 4 heteroatoms.